The van der Waals surface area contributed by atoms with Crippen LogP contribution in [0, 0.1) is 0 Å². The summed E-state index contributed by atoms with van der Waals surface area (Å²) < 4.78 is 6.62. The summed E-state index contributed by atoms with van der Waals surface area (Å²) in [7, 11) is 0. The number of hydrogen-bond acceptors (Lipinski definition) is 4. The highest BCUT2D eigenvalue weighted by molar-refractivity contribution is 6.10. The van der Waals surface area contributed by atoms with E-state index in [4.69, 9.17) is 14.4 Å². The molecule has 4 heteroatoms. The highest BCUT2D eigenvalue weighted by Gasteiger charge is 2.30. The molecule has 2 aromatic heterocycles. The van der Waals surface area contributed by atoms with Gasteiger partial charge in [-0.1, -0.05) is 140 Å². The van der Waals surface area contributed by atoms with E-state index in [-0.39, 0.29) is 0 Å². The Morgan fingerprint density at radius 3 is 1.75 bits per heavy atom. The standard InChI is InChI=1S/C48H31N3O/c1-3-15-32(16-4-1)41-31-42(50-48(49-41)33-17-5-2-6-18-33)36-21-13-19-34(29-36)35-20-14-22-37(30-35)51-43-26-10-7-23-38(43)46-40-25-9-12-28-45(40)52-47(46)39-24-8-11-27-44(39)51/h1-31H. The van der Waals surface area contributed by atoms with E-state index in [1.807, 2.05) is 42.5 Å². The van der Waals surface area contributed by atoms with Crippen molar-refractivity contribution in [2.24, 2.45) is 0 Å². The van der Waals surface area contributed by atoms with Crippen LogP contribution in [0.5, 0.6) is 0 Å². The first-order valence-electron chi connectivity index (χ1n) is 17.5. The Kier molecular flexibility index (Phi) is 7.10. The minimum absolute atomic E-state index is 0.704. The predicted octanol–water partition coefficient (Wildman–Crippen LogP) is 13.0. The van der Waals surface area contributed by atoms with Crippen molar-refractivity contribution in [3.63, 3.8) is 0 Å². The Labute approximate surface area is 302 Å². The fraction of sp³-hybridized carbons (Fsp3) is 0. The Morgan fingerprint density at radius 1 is 0.404 bits per heavy atom. The second-order valence-corrected chi connectivity index (χ2v) is 13.0. The molecule has 1 aliphatic rings. The first kappa shape index (κ1) is 29.8. The Balaban J connectivity index is 1.10. The van der Waals surface area contributed by atoms with Gasteiger partial charge in [0, 0.05) is 44.5 Å². The van der Waals surface area contributed by atoms with E-state index < -0.39 is 0 Å². The zero-order valence-corrected chi connectivity index (χ0v) is 28.1. The van der Waals surface area contributed by atoms with Gasteiger partial charge in [-0.2, -0.15) is 0 Å². The van der Waals surface area contributed by atoms with Crippen LogP contribution in [-0.2, 0) is 0 Å². The molecule has 0 bridgehead atoms. The number of nitrogens with zero attached hydrogens (tertiary/aromatic N) is 3. The van der Waals surface area contributed by atoms with Crippen LogP contribution in [0.4, 0.5) is 17.1 Å². The van der Waals surface area contributed by atoms with Gasteiger partial charge in [-0.3, -0.25) is 0 Å². The van der Waals surface area contributed by atoms with Crippen LogP contribution in [0.3, 0.4) is 0 Å². The van der Waals surface area contributed by atoms with Crippen molar-refractivity contribution >= 4 is 28.0 Å². The molecule has 0 radical (unpaired) electrons. The molecule has 52 heavy (non-hydrogen) atoms. The van der Waals surface area contributed by atoms with E-state index in [0.29, 0.717) is 5.82 Å². The second-order valence-electron chi connectivity index (χ2n) is 13.0. The molecule has 0 spiro atoms. The van der Waals surface area contributed by atoms with Crippen LogP contribution in [0.1, 0.15) is 0 Å². The van der Waals surface area contributed by atoms with Gasteiger partial charge in [-0.25, -0.2) is 9.97 Å². The van der Waals surface area contributed by atoms with Gasteiger partial charge in [0.25, 0.3) is 0 Å². The lowest BCUT2D eigenvalue weighted by Crippen LogP contribution is -2.11. The highest BCUT2D eigenvalue weighted by Crippen LogP contribution is 2.53. The molecular formula is C48H31N3O. The lowest BCUT2D eigenvalue weighted by atomic mass is 9.98. The molecule has 0 N–H and O–H groups in total. The Hall–Kier alpha value is -7.04. The van der Waals surface area contributed by atoms with Crippen LogP contribution < -0.4 is 4.90 Å². The molecule has 0 atom stereocenters. The minimum Gasteiger partial charge on any atom is -0.455 e. The highest BCUT2D eigenvalue weighted by atomic mass is 16.3. The topological polar surface area (TPSA) is 42.2 Å². The van der Waals surface area contributed by atoms with E-state index >= 15 is 0 Å². The van der Waals surface area contributed by atoms with Gasteiger partial charge in [0.2, 0.25) is 0 Å². The third-order valence-electron chi connectivity index (χ3n) is 9.82. The number of aromatic nitrogens is 2. The molecule has 7 aromatic carbocycles. The smallest absolute Gasteiger partial charge is 0.160 e. The first-order chi connectivity index (χ1) is 25.8. The summed E-state index contributed by atoms with van der Waals surface area (Å²) in [6, 6.07) is 65.5. The maximum Gasteiger partial charge on any atom is 0.160 e. The number of para-hydroxylation sites is 3. The van der Waals surface area contributed by atoms with Crippen molar-refractivity contribution in [2.45, 2.75) is 0 Å². The Bertz CT molecular complexity index is 2690. The fourth-order valence-electron chi connectivity index (χ4n) is 7.40. The lowest BCUT2D eigenvalue weighted by molar-refractivity contribution is 0.633. The zero-order valence-electron chi connectivity index (χ0n) is 28.1. The third-order valence-corrected chi connectivity index (χ3v) is 9.82. The molecule has 9 aromatic rings. The molecule has 10 rings (SSSR count). The van der Waals surface area contributed by atoms with Crippen LogP contribution in [0.2, 0.25) is 0 Å². The second kappa shape index (κ2) is 12.4. The van der Waals surface area contributed by atoms with E-state index in [9.17, 15) is 0 Å². The van der Waals surface area contributed by atoms with Crippen molar-refractivity contribution in [1.82, 2.24) is 9.97 Å². The molecule has 0 fully saturated rings. The number of rotatable bonds is 5. The van der Waals surface area contributed by atoms with Gasteiger partial charge in [-0.15, -0.1) is 0 Å². The summed E-state index contributed by atoms with van der Waals surface area (Å²) in [5.41, 5.74) is 14.5. The summed E-state index contributed by atoms with van der Waals surface area (Å²) in [6.45, 7) is 0. The molecule has 0 saturated heterocycles. The normalized spacial score (nSPS) is 11.8. The fourth-order valence-corrected chi connectivity index (χ4v) is 7.40. The molecule has 0 unspecified atom stereocenters. The average molecular weight is 666 g/mol. The largest absolute Gasteiger partial charge is 0.455 e. The minimum atomic E-state index is 0.704. The summed E-state index contributed by atoms with van der Waals surface area (Å²) in [4.78, 5) is 12.5. The number of hydrogen-bond donors (Lipinski definition) is 0. The monoisotopic (exact) mass is 665 g/mol. The predicted molar refractivity (Wildman–Crippen MR) is 213 cm³/mol. The number of benzene rings is 7. The van der Waals surface area contributed by atoms with Crippen molar-refractivity contribution in [1.29, 1.82) is 0 Å². The van der Waals surface area contributed by atoms with E-state index in [1.54, 1.807) is 0 Å². The van der Waals surface area contributed by atoms with E-state index in [1.165, 1.54) is 0 Å². The van der Waals surface area contributed by atoms with Gasteiger partial charge in [0.1, 0.15) is 11.3 Å². The lowest BCUT2D eigenvalue weighted by Gasteiger charge is -2.27. The molecule has 4 nitrogen and oxygen atoms in total. The van der Waals surface area contributed by atoms with Crippen molar-refractivity contribution in [2.75, 3.05) is 4.90 Å². The van der Waals surface area contributed by atoms with Gasteiger partial charge < -0.3 is 9.32 Å². The number of anilines is 3. The maximum atomic E-state index is 6.62. The van der Waals surface area contributed by atoms with Gasteiger partial charge in [0.05, 0.1) is 22.8 Å². The molecule has 244 valence electrons. The van der Waals surface area contributed by atoms with Crippen LogP contribution >= 0.6 is 0 Å². The van der Waals surface area contributed by atoms with Gasteiger partial charge in [0.15, 0.2) is 5.82 Å². The molecule has 0 saturated carbocycles. The molecule has 1 aliphatic heterocycles. The molecule has 0 amide bonds. The van der Waals surface area contributed by atoms with Gasteiger partial charge in [-0.05, 0) is 59.7 Å². The van der Waals surface area contributed by atoms with Crippen molar-refractivity contribution in [3.8, 4) is 67.5 Å². The van der Waals surface area contributed by atoms with E-state index in [2.05, 4.69) is 150 Å². The zero-order chi connectivity index (χ0) is 34.4. The van der Waals surface area contributed by atoms with Crippen LogP contribution in [-0.4, -0.2) is 9.97 Å². The van der Waals surface area contributed by atoms with Crippen LogP contribution in [0.15, 0.2) is 192 Å². The third kappa shape index (κ3) is 5.09. The molecule has 0 aliphatic carbocycles. The summed E-state index contributed by atoms with van der Waals surface area (Å²) in [6.07, 6.45) is 0. The van der Waals surface area contributed by atoms with Crippen LogP contribution in [0.25, 0.3) is 78.4 Å². The van der Waals surface area contributed by atoms with Gasteiger partial charge >= 0.3 is 0 Å². The maximum absolute atomic E-state index is 6.62. The Morgan fingerprint density at radius 2 is 0.962 bits per heavy atom. The van der Waals surface area contributed by atoms with Crippen molar-refractivity contribution < 1.29 is 4.42 Å². The summed E-state index contributed by atoms with van der Waals surface area (Å²) in [5.74, 6) is 1.60. The number of fused-ring (bicyclic) bond motifs is 7. The molecule has 3 heterocycles. The van der Waals surface area contributed by atoms with Crippen molar-refractivity contribution in [3.05, 3.63) is 188 Å². The quantitative estimate of drug-likeness (QED) is 0.183. The summed E-state index contributed by atoms with van der Waals surface area (Å²) in [5, 5.41) is 1.11. The SMILES string of the molecule is c1ccc(-c2cc(-c3cccc(-c4cccc(N5c6ccccc6-c6oc7ccccc7c6-c6ccccc65)c4)c3)nc(-c3ccccc3)n2)cc1. The average Bonchev–Trinajstić information content (AvgIpc) is 3.56. The van der Waals surface area contributed by atoms with E-state index in [0.717, 1.165) is 89.7 Å². The number of furan rings is 1. The first-order valence-corrected chi connectivity index (χ1v) is 17.5. The summed E-state index contributed by atoms with van der Waals surface area (Å²) >= 11 is 0. The molecular weight excluding hydrogens is 635 g/mol.